The molecule has 1 aliphatic rings. The summed E-state index contributed by atoms with van der Waals surface area (Å²) in [5, 5.41) is 10.8. The van der Waals surface area contributed by atoms with E-state index in [0.29, 0.717) is 17.8 Å². The molecule has 1 atom stereocenters. The van der Waals surface area contributed by atoms with E-state index < -0.39 is 17.5 Å². The highest BCUT2D eigenvalue weighted by atomic mass is 16.2. The van der Waals surface area contributed by atoms with Crippen LogP contribution in [0.1, 0.15) is 40.0 Å². The minimum absolute atomic E-state index is 0.0604. The normalized spacial score (nSPS) is 15.9. The third-order valence-corrected chi connectivity index (χ3v) is 3.94. The van der Waals surface area contributed by atoms with E-state index in [9.17, 15) is 14.4 Å². The van der Waals surface area contributed by atoms with Gasteiger partial charge in [-0.25, -0.2) is 4.79 Å². The molecular weight excluding hydrogens is 344 g/mol. The standard InChI is InChI=1S/C20H28N4O3/c1-20(2,3)24-19(27)23-18(26)13-21-15-10-6-7-11-16(15)22-17(25)12-14-8-4-5-9-14/h4,6-8,10-11,14,21H,5,9,12-13H2,1-3H3,(H,22,25)(H2,23,24,26,27). The lowest BCUT2D eigenvalue weighted by molar-refractivity contribution is -0.118. The van der Waals surface area contributed by atoms with E-state index in [1.54, 1.807) is 12.1 Å². The van der Waals surface area contributed by atoms with Gasteiger partial charge < -0.3 is 16.0 Å². The Labute approximate surface area is 160 Å². The molecule has 146 valence electrons. The molecule has 2 rings (SSSR count). The molecule has 1 aromatic rings. The zero-order valence-electron chi connectivity index (χ0n) is 16.1. The van der Waals surface area contributed by atoms with Gasteiger partial charge in [-0.1, -0.05) is 24.3 Å². The second-order valence-corrected chi connectivity index (χ2v) is 7.67. The van der Waals surface area contributed by atoms with Crippen molar-refractivity contribution in [1.82, 2.24) is 10.6 Å². The van der Waals surface area contributed by atoms with Crippen molar-refractivity contribution in [2.24, 2.45) is 5.92 Å². The van der Waals surface area contributed by atoms with Crippen LogP contribution < -0.4 is 21.3 Å². The third-order valence-electron chi connectivity index (χ3n) is 3.94. The van der Waals surface area contributed by atoms with E-state index in [1.165, 1.54) is 0 Å². The fourth-order valence-corrected chi connectivity index (χ4v) is 2.77. The molecule has 7 nitrogen and oxygen atoms in total. The zero-order valence-corrected chi connectivity index (χ0v) is 16.1. The quantitative estimate of drug-likeness (QED) is 0.577. The third kappa shape index (κ3) is 7.52. The number of amides is 4. The zero-order chi connectivity index (χ0) is 19.9. The number of nitrogens with one attached hydrogen (secondary N) is 4. The van der Waals surface area contributed by atoms with Crippen LogP contribution in [0.25, 0.3) is 0 Å². The van der Waals surface area contributed by atoms with Crippen molar-refractivity contribution >= 4 is 29.2 Å². The fourth-order valence-electron chi connectivity index (χ4n) is 2.77. The molecule has 4 amide bonds. The summed E-state index contributed by atoms with van der Waals surface area (Å²) >= 11 is 0. The van der Waals surface area contributed by atoms with E-state index in [4.69, 9.17) is 0 Å². The van der Waals surface area contributed by atoms with Gasteiger partial charge in [0.2, 0.25) is 11.8 Å². The van der Waals surface area contributed by atoms with Crippen molar-refractivity contribution in [2.75, 3.05) is 17.2 Å². The first kappa shape index (κ1) is 20.5. The Morgan fingerprint density at radius 3 is 2.41 bits per heavy atom. The minimum Gasteiger partial charge on any atom is -0.374 e. The summed E-state index contributed by atoms with van der Waals surface area (Å²) in [4.78, 5) is 35.9. The van der Waals surface area contributed by atoms with Gasteiger partial charge in [-0.15, -0.1) is 0 Å². The summed E-state index contributed by atoms with van der Waals surface area (Å²) in [7, 11) is 0. The summed E-state index contributed by atoms with van der Waals surface area (Å²) in [6.45, 7) is 5.40. The number of anilines is 2. The highest BCUT2D eigenvalue weighted by molar-refractivity contribution is 5.98. The molecule has 0 saturated heterocycles. The SMILES string of the molecule is CC(C)(C)NC(=O)NC(=O)CNc1ccccc1NC(=O)CC1C=CCC1. The lowest BCUT2D eigenvalue weighted by atomic mass is 10.0. The van der Waals surface area contributed by atoms with Crippen molar-refractivity contribution < 1.29 is 14.4 Å². The van der Waals surface area contributed by atoms with Crippen LogP contribution in [0.15, 0.2) is 36.4 Å². The average Bonchev–Trinajstić information content (AvgIpc) is 3.05. The monoisotopic (exact) mass is 372 g/mol. The molecule has 27 heavy (non-hydrogen) atoms. The maximum atomic E-state index is 12.2. The van der Waals surface area contributed by atoms with Crippen LogP contribution >= 0.6 is 0 Å². The van der Waals surface area contributed by atoms with Gasteiger partial charge in [0.1, 0.15) is 0 Å². The van der Waals surface area contributed by atoms with Gasteiger partial charge in [-0.3, -0.25) is 14.9 Å². The fraction of sp³-hybridized carbons (Fsp3) is 0.450. The van der Waals surface area contributed by atoms with Crippen LogP contribution in [0.2, 0.25) is 0 Å². The first-order chi connectivity index (χ1) is 12.7. The Balaban J connectivity index is 1.85. The van der Waals surface area contributed by atoms with Crippen molar-refractivity contribution in [2.45, 2.75) is 45.6 Å². The number of para-hydroxylation sites is 2. The largest absolute Gasteiger partial charge is 0.374 e. The number of rotatable bonds is 6. The maximum absolute atomic E-state index is 12.2. The van der Waals surface area contributed by atoms with Gasteiger partial charge in [0.15, 0.2) is 0 Å². The molecule has 4 N–H and O–H groups in total. The van der Waals surface area contributed by atoms with E-state index in [0.717, 1.165) is 12.8 Å². The van der Waals surface area contributed by atoms with Crippen molar-refractivity contribution in [1.29, 1.82) is 0 Å². The lowest BCUT2D eigenvalue weighted by Crippen LogP contribution is -2.49. The number of carbonyl (C=O) groups excluding carboxylic acids is 3. The minimum atomic E-state index is -0.541. The summed E-state index contributed by atoms with van der Waals surface area (Å²) < 4.78 is 0. The van der Waals surface area contributed by atoms with Crippen LogP contribution in [-0.4, -0.2) is 29.9 Å². The average molecular weight is 372 g/mol. The molecule has 0 spiro atoms. The Hall–Kier alpha value is -2.83. The van der Waals surface area contributed by atoms with Crippen molar-refractivity contribution in [3.05, 3.63) is 36.4 Å². The second-order valence-electron chi connectivity index (χ2n) is 7.67. The predicted octanol–water partition coefficient (Wildman–Crippen LogP) is 3.02. The molecule has 0 fully saturated rings. The van der Waals surface area contributed by atoms with Gasteiger partial charge in [0.25, 0.3) is 0 Å². The van der Waals surface area contributed by atoms with Gasteiger partial charge in [0.05, 0.1) is 17.9 Å². The number of imide groups is 1. The highest BCUT2D eigenvalue weighted by Gasteiger charge is 2.17. The molecule has 0 saturated carbocycles. The molecule has 0 heterocycles. The van der Waals surface area contributed by atoms with Crippen LogP contribution in [0, 0.1) is 5.92 Å². The number of hydrogen-bond donors (Lipinski definition) is 4. The van der Waals surface area contributed by atoms with Gasteiger partial charge in [-0.05, 0) is 51.7 Å². The second kappa shape index (κ2) is 9.21. The summed E-state index contributed by atoms with van der Waals surface area (Å²) in [5.74, 6) is -0.235. The van der Waals surface area contributed by atoms with Crippen molar-refractivity contribution in [3.8, 4) is 0 Å². The number of urea groups is 1. The Morgan fingerprint density at radius 1 is 1.07 bits per heavy atom. The first-order valence-corrected chi connectivity index (χ1v) is 9.14. The van der Waals surface area contributed by atoms with E-state index in [1.807, 2.05) is 32.9 Å². The molecule has 1 aliphatic carbocycles. The molecule has 1 aromatic carbocycles. The lowest BCUT2D eigenvalue weighted by Gasteiger charge is -2.20. The molecule has 0 bridgehead atoms. The molecule has 1 unspecified atom stereocenters. The van der Waals surface area contributed by atoms with Crippen LogP contribution in [0.4, 0.5) is 16.2 Å². The Kier molecular flexibility index (Phi) is 6.98. The van der Waals surface area contributed by atoms with Crippen molar-refractivity contribution in [3.63, 3.8) is 0 Å². The molecule has 7 heteroatoms. The van der Waals surface area contributed by atoms with E-state index >= 15 is 0 Å². The molecule has 0 aliphatic heterocycles. The van der Waals surface area contributed by atoms with Gasteiger partial charge in [0, 0.05) is 12.0 Å². The summed E-state index contributed by atoms with van der Waals surface area (Å²) in [5.41, 5.74) is 0.805. The summed E-state index contributed by atoms with van der Waals surface area (Å²) in [6, 6.07) is 6.62. The first-order valence-electron chi connectivity index (χ1n) is 9.14. The maximum Gasteiger partial charge on any atom is 0.321 e. The number of hydrogen-bond acceptors (Lipinski definition) is 4. The Bertz CT molecular complexity index is 722. The topological polar surface area (TPSA) is 99.3 Å². The smallest absolute Gasteiger partial charge is 0.321 e. The number of carbonyl (C=O) groups is 3. The van der Waals surface area contributed by atoms with E-state index in [-0.39, 0.29) is 18.4 Å². The van der Waals surface area contributed by atoms with Gasteiger partial charge in [-0.2, -0.15) is 0 Å². The highest BCUT2D eigenvalue weighted by Crippen LogP contribution is 2.24. The predicted molar refractivity (Wildman–Crippen MR) is 106 cm³/mol. The van der Waals surface area contributed by atoms with E-state index in [2.05, 4.69) is 33.4 Å². The Morgan fingerprint density at radius 2 is 1.78 bits per heavy atom. The molecule has 0 radical (unpaired) electrons. The number of benzene rings is 1. The summed E-state index contributed by atoms with van der Waals surface area (Å²) in [6.07, 6.45) is 6.65. The van der Waals surface area contributed by atoms with Crippen LogP contribution in [-0.2, 0) is 9.59 Å². The number of allylic oxidation sites excluding steroid dienone is 2. The van der Waals surface area contributed by atoms with Gasteiger partial charge >= 0.3 is 6.03 Å². The van der Waals surface area contributed by atoms with Crippen LogP contribution in [0.3, 0.4) is 0 Å². The molecule has 0 aromatic heterocycles. The molecular formula is C20H28N4O3. The van der Waals surface area contributed by atoms with Crippen LogP contribution in [0.5, 0.6) is 0 Å².